The zero-order chi connectivity index (χ0) is 19.6. The van der Waals surface area contributed by atoms with Crippen molar-refractivity contribution in [1.29, 1.82) is 0 Å². The summed E-state index contributed by atoms with van der Waals surface area (Å²) in [6.45, 7) is 5.70. The summed E-state index contributed by atoms with van der Waals surface area (Å²) in [7, 11) is 0. The third-order valence-electron chi connectivity index (χ3n) is 4.17. The number of aromatic nitrogens is 1. The molecule has 0 bridgehead atoms. The highest BCUT2D eigenvalue weighted by atomic mass is 16.5. The molecule has 1 aliphatic heterocycles. The van der Waals surface area contributed by atoms with E-state index in [1.54, 1.807) is 31.2 Å². The van der Waals surface area contributed by atoms with Crippen LogP contribution in [0.1, 0.15) is 54.6 Å². The summed E-state index contributed by atoms with van der Waals surface area (Å²) in [4.78, 5) is 39.4. The lowest BCUT2D eigenvalue weighted by atomic mass is 9.86. The molecule has 0 aliphatic carbocycles. The Morgan fingerprint density at radius 3 is 2.59 bits per heavy atom. The van der Waals surface area contributed by atoms with E-state index in [0.29, 0.717) is 5.75 Å². The van der Waals surface area contributed by atoms with Crippen molar-refractivity contribution < 1.29 is 23.8 Å². The number of rotatable bonds is 5. The van der Waals surface area contributed by atoms with Gasteiger partial charge in [0.1, 0.15) is 11.3 Å². The lowest BCUT2D eigenvalue weighted by molar-refractivity contribution is -0.135. The Labute approximate surface area is 156 Å². The van der Waals surface area contributed by atoms with Crippen LogP contribution in [0.5, 0.6) is 11.5 Å². The van der Waals surface area contributed by atoms with E-state index in [1.807, 2.05) is 13.8 Å². The van der Waals surface area contributed by atoms with Crippen LogP contribution in [-0.4, -0.2) is 29.6 Å². The minimum Gasteiger partial charge on any atom is -0.491 e. The zero-order valence-corrected chi connectivity index (χ0v) is 15.4. The number of esters is 2. The van der Waals surface area contributed by atoms with Gasteiger partial charge in [0.2, 0.25) is 0 Å². The summed E-state index contributed by atoms with van der Waals surface area (Å²) in [5.74, 6) is -1.01. The number of pyridine rings is 1. The van der Waals surface area contributed by atoms with Gasteiger partial charge < -0.3 is 19.2 Å². The van der Waals surface area contributed by atoms with Crippen LogP contribution in [0.2, 0.25) is 0 Å². The highest BCUT2D eigenvalue weighted by molar-refractivity contribution is 5.94. The van der Waals surface area contributed by atoms with Crippen LogP contribution in [0, 0.1) is 0 Å². The van der Waals surface area contributed by atoms with E-state index < -0.39 is 23.4 Å². The average Bonchev–Trinajstić information content (AvgIpc) is 2.61. The normalized spacial score (nSPS) is 15.9. The van der Waals surface area contributed by atoms with Crippen LogP contribution in [0.4, 0.5) is 0 Å². The summed E-state index contributed by atoms with van der Waals surface area (Å²) in [5, 5.41) is 0. The van der Waals surface area contributed by atoms with Crippen molar-refractivity contribution in [3.05, 3.63) is 57.5 Å². The fraction of sp³-hybridized carbons (Fsp3) is 0.350. The number of ether oxygens (including phenoxy) is 3. The Bertz CT molecular complexity index is 913. The van der Waals surface area contributed by atoms with Gasteiger partial charge in [-0.2, -0.15) is 0 Å². The molecule has 1 aromatic carbocycles. The van der Waals surface area contributed by atoms with Crippen LogP contribution in [0.15, 0.2) is 35.3 Å². The Kier molecular flexibility index (Phi) is 5.30. The molecule has 0 saturated carbocycles. The van der Waals surface area contributed by atoms with Crippen molar-refractivity contribution in [2.75, 3.05) is 6.61 Å². The number of hydrogen-bond donors (Lipinski definition) is 1. The van der Waals surface area contributed by atoms with Gasteiger partial charge in [0.05, 0.1) is 24.7 Å². The summed E-state index contributed by atoms with van der Waals surface area (Å²) in [5.41, 5.74) is 0.635. The van der Waals surface area contributed by atoms with Crippen molar-refractivity contribution >= 4 is 11.9 Å². The first kappa shape index (κ1) is 18.7. The maximum Gasteiger partial charge on any atom is 0.343 e. The van der Waals surface area contributed by atoms with Crippen LogP contribution < -0.4 is 15.0 Å². The van der Waals surface area contributed by atoms with E-state index in [1.165, 1.54) is 6.20 Å². The maximum absolute atomic E-state index is 12.5. The van der Waals surface area contributed by atoms with Gasteiger partial charge in [0, 0.05) is 12.1 Å². The predicted molar refractivity (Wildman–Crippen MR) is 97.3 cm³/mol. The van der Waals surface area contributed by atoms with Crippen molar-refractivity contribution in [2.24, 2.45) is 0 Å². The standard InChI is InChI=1S/C20H21NO6/c1-4-25-20(24)15-10-21-19(23)17-14(9-16(22)27-18(15)17)12-5-7-13(8-6-12)26-11(2)3/h5-8,10-11,14H,4,9H2,1-3H3,(H,21,23)/t14-/m0/s1. The highest BCUT2D eigenvalue weighted by Gasteiger charge is 2.34. The molecule has 7 heteroatoms. The predicted octanol–water partition coefficient (Wildman–Crippen LogP) is 2.78. The lowest BCUT2D eigenvalue weighted by Crippen LogP contribution is -2.30. The Balaban J connectivity index is 2.05. The monoisotopic (exact) mass is 371 g/mol. The number of H-pyrrole nitrogens is 1. The third-order valence-corrected chi connectivity index (χ3v) is 4.17. The fourth-order valence-corrected chi connectivity index (χ4v) is 3.08. The Morgan fingerprint density at radius 2 is 1.96 bits per heavy atom. The summed E-state index contributed by atoms with van der Waals surface area (Å²) in [6, 6.07) is 7.19. The molecule has 7 nitrogen and oxygen atoms in total. The number of nitrogens with one attached hydrogen (secondary N) is 1. The number of carbonyl (C=O) groups is 2. The number of carbonyl (C=O) groups excluding carboxylic acids is 2. The van der Waals surface area contributed by atoms with Crippen LogP contribution in [0.25, 0.3) is 0 Å². The van der Waals surface area contributed by atoms with Gasteiger partial charge in [-0.15, -0.1) is 0 Å². The van der Waals surface area contributed by atoms with E-state index in [-0.39, 0.29) is 36.0 Å². The van der Waals surface area contributed by atoms with Gasteiger partial charge in [-0.05, 0) is 38.5 Å². The van der Waals surface area contributed by atoms with Crippen molar-refractivity contribution in [3.8, 4) is 11.5 Å². The number of fused-ring (bicyclic) bond motifs is 1. The van der Waals surface area contributed by atoms with Gasteiger partial charge >= 0.3 is 11.9 Å². The van der Waals surface area contributed by atoms with Gasteiger partial charge in [-0.25, -0.2) is 4.79 Å². The minimum absolute atomic E-state index is 0.00669. The summed E-state index contributed by atoms with van der Waals surface area (Å²) < 4.78 is 15.9. The summed E-state index contributed by atoms with van der Waals surface area (Å²) in [6.07, 6.45) is 1.26. The molecule has 0 amide bonds. The first-order valence-electron chi connectivity index (χ1n) is 8.80. The number of aromatic amines is 1. The van der Waals surface area contributed by atoms with Crippen LogP contribution in [-0.2, 0) is 9.53 Å². The molecule has 142 valence electrons. The molecule has 1 aliphatic rings. The Hall–Kier alpha value is -3.09. The molecule has 2 aromatic rings. The van der Waals surface area contributed by atoms with Crippen molar-refractivity contribution in [1.82, 2.24) is 4.98 Å². The van der Waals surface area contributed by atoms with Crippen LogP contribution in [0.3, 0.4) is 0 Å². The molecule has 27 heavy (non-hydrogen) atoms. The first-order valence-corrected chi connectivity index (χ1v) is 8.80. The molecule has 0 radical (unpaired) electrons. The molecule has 2 heterocycles. The molecular formula is C20H21NO6. The van der Waals surface area contributed by atoms with E-state index in [4.69, 9.17) is 14.2 Å². The zero-order valence-electron chi connectivity index (χ0n) is 15.4. The fourth-order valence-electron chi connectivity index (χ4n) is 3.08. The molecule has 3 rings (SSSR count). The second kappa shape index (κ2) is 7.65. The minimum atomic E-state index is -0.654. The number of benzene rings is 1. The molecule has 0 saturated heterocycles. The van der Waals surface area contributed by atoms with Crippen molar-refractivity contribution in [2.45, 2.75) is 39.2 Å². The molecule has 1 N–H and O–H groups in total. The van der Waals surface area contributed by atoms with E-state index in [0.717, 1.165) is 5.56 Å². The first-order chi connectivity index (χ1) is 12.9. The second-order valence-electron chi connectivity index (χ2n) is 6.46. The van der Waals surface area contributed by atoms with Gasteiger partial charge in [0.25, 0.3) is 5.56 Å². The quantitative estimate of drug-likeness (QED) is 0.812. The number of hydrogen-bond acceptors (Lipinski definition) is 6. The smallest absolute Gasteiger partial charge is 0.343 e. The average molecular weight is 371 g/mol. The van der Waals surface area contributed by atoms with Gasteiger partial charge in [0.15, 0.2) is 5.75 Å². The molecule has 1 atom stereocenters. The summed E-state index contributed by atoms with van der Waals surface area (Å²) >= 11 is 0. The van der Waals surface area contributed by atoms with Gasteiger partial charge in [-0.3, -0.25) is 9.59 Å². The van der Waals surface area contributed by atoms with Crippen molar-refractivity contribution in [3.63, 3.8) is 0 Å². The maximum atomic E-state index is 12.5. The lowest BCUT2D eigenvalue weighted by Gasteiger charge is -2.25. The van der Waals surface area contributed by atoms with E-state index in [2.05, 4.69) is 4.98 Å². The highest BCUT2D eigenvalue weighted by Crippen LogP contribution is 2.38. The second-order valence-corrected chi connectivity index (χ2v) is 6.46. The largest absolute Gasteiger partial charge is 0.491 e. The van der Waals surface area contributed by atoms with Crippen LogP contribution >= 0.6 is 0 Å². The Morgan fingerprint density at radius 1 is 1.26 bits per heavy atom. The van der Waals surface area contributed by atoms with E-state index >= 15 is 0 Å². The SMILES string of the molecule is CCOC(=O)c1c[nH]c(=O)c2c1OC(=O)C[C@H]2c1ccc(OC(C)C)cc1. The van der Waals surface area contributed by atoms with E-state index in [9.17, 15) is 14.4 Å². The molecule has 1 aromatic heterocycles. The topological polar surface area (TPSA) is 94.7 Å². The molecule has 0 unspecified atom stereocenters. The van der Waals surface area contributed by atoms with Gasteiger partial charge in [-0.1, -0.05) is 12.1 Å². The third kappa shape index (κ3) is 3.86. The molecule has 0 fully saturated rings. The molecular weight excluding hydrogens is 350 g/mol. The molecule has 0 spiro atoms.